The van der Waals surface area contributed by atoms with E-state index < -0.39 is 0 Å². The number of hydrogen-bond acceptors (Lipinski definition) is 2. The van der Waals surface area contributed by atoms with Gasteiger partial charge in [0.25, 0.3) is 0 Å². The van der Waals surface area contributed by atoms with Crippen molar-refractivity contribution in [2.45, 2.75) is 19.9 Å². The minimum absolute atomic E-state index is 0.211. The SMILES string of the molecule is CC(=O)CCn1ccc2cccnc21. The van der Waals surface area contributed by atoms with Gasteiger partial charge in [-0.15, -0.1) is 0 Å². The number of fused-ring (bicyclic) bond motifs is 1. The Labute approximate surface area is 82.4 Å². The zero-order chi connectivity index (χ0) is 9.97. The molecule has 0 atom stereocenters. The van der Waals surface area contributed by atoms with E-state index in [4.69, 9.17) is 0 Å². The van der Waals surface area contributed by atoms with E-state index in [1.165, 1.54) is 0 Å². The van der Waals surface area contributed by atoms with Gasteiger partial charge in [-0.2, -0.15) is 0 Å². The summed E-state index contributed by atoms with van der Waals surface area (Å²) in [6.07, 6.45) is 4.31. The Kier molecular flexibility index (Phi) is 2.31. The molecule has 2 aromatic heterocycles. The van der Waals surface area contributed by atoms with Gasteiger partial charge >= 0.3 is 0 Å². The van der Waals surface area contributed by atoms with E-state index in [2.05, 4.69) is 4.98 Å². The van der Waals surface area contributed by atoms with Crippen LogP contribution in [0.4, 0.5) is 0 Å². The van der Waals surface area contributed by atoms with Crippen molar-refractivity contribution in [2.75, 3.05) is 0 Å². The Morgan fingerprint density at radius 2 is 2.36 bits per heavy atom. The number of carbonyl (C=O) groups is 1. The van der Waals surface area contributed by atoms with E-state index in [-0.39, 0.29) is 5.78 Å². The number of rotatable bonds is 3. The topological polar surface area (TPSA) is 34.9 Å². The molecule has 72 valence electrons. The van der Waals surface area contributed by atoms with Gasteiger partial charge in [-0.05, 0) is 25.1 Å². The third-order valence-electron chi connectivity index (χ3n) is 2.23. The number of aryl methyl sites for hydroxylation is 1. The molecule has 0 spiro atoms. The van der Waals surface area contributed by atoms with Gasteiger partial charge < -0.3 is 4.57 Å². The fourth-order valence-corrected chi connectivity index (χ4v) is 1.48. The van der Waals surface area contributed by atoms with Gasteiger partial charge in [0.1, 0.15) is 11.4 Å². The van der Waals surface area contributed by atoms with Crippen molar-refractivity contribution in [1.29, 1.82) is 0 Å². The first-order chi connectivity index (χ1) is 6.77. The number of ketones is 1. The first-order valence-corrected chi connectivity index (χ1v) is 4.66. The zero-order valence-electron chi connectivity index (χ0n) is 8.10. The van der Waals surface area contributed by atoms with Crippen LogP contribution in [0.25, 0.3) is 11.0 Å². The summed E-state index contributed by atoms with van der Waals surface area (Å²) >= 11 is 0. The van der Waals surface area contributed by atoms with Crippen LogP contribution in [0.1, 0.15) is 13.3 Å². The fourth-order valence-electron chi connectivity index (χ4n) is 1.48. The molecule has 0 aromatic carbocycles. The molecule has 0 aliphatic carbocycles. The largest absolute Gasteiger partial charge is 0.332 e. The van der Waals surface area contributed by atoms with Gasteiger partial charge in [-0.1, -0.05) is 0 Å². The molecule has 0 unspecified atom stereocenters. The number of hydrogen-bond donors (Lipinski definition) is 0. The summed E-state index contributed by atoms with van der Waals surface area (Å²) in [6.45, 7) is 2.33. The standard InChI is InChI=1S/C11H12N2O/c1-9(14)4-7-13-8-5-10-3-2-6-12-11(10)13/h2-3,5-6,8H,4,7H2,1H3. The smallest absolute Gasteiger partial charge is 0.139 e. The van der Waals surface area contributed by atoms with Gasteiger partial charge in [0.05, 0.1) is 0 Å². The Morgan fingerprint density at radius 1 is 1.50 bits per heavy atom. The summed E-state index contributed by atoms with van der Waals surface area (Å²) in [5.74, 6) is 0.211. The third kappa shape index (κ3) is 1.66. The molecule has 0 aliphatic rings. The van der Waals surface area contributed by atoms with Gasteiger partial charge in [-0.3, -0.25) is 4.79 Å². The van der Waals surface area contributed by atoms with Crippen LogP contribution in [0.5, 0.6) is 0 Å². The van der Waals surface area contributed by atoms with E-state index in [9.17, 15) is 4.79 Å². The highest BCUT2D eigenvalue weighted by Gasteiger charge is 2.01. The van der Waals surface area contributed by atoms with Gasteiger partial charge in [0.15, 0.2) is 0 Å². The Hall–Kier alpha value is -1.64. The summed E-state index contributed by atoms with van der Waals surface area (Å²) in [5, 5.41) is 1.12. The van der Waals surface area contributed by atoms with Gasteiger partial charge in [0, 0.05) is 30.7 Å². The highest BCUT2D eigenvalue weighted by Crippen LogP contribution is 2.12. The minimum Gasteiger partial charge on any atom is -0.332 e. The van der Waals surface area contributed by atoms with Crippen molar-refractivity contribution >= 4 is 16.8 Å². The third-order valence-corrected chi connectivity index (χ3v) is 2.23. The van der Waals surface area contributed by atoms with Crippen LogP contribution >= 0.6 is 0 Å². The van der Waals surface area contributed by atoms with Crippen molar-refractivity contribution in [3.05, 3.63) is 30.6 Å². The predicted molar refractivity (Wildman–Crippen MR) is 55.0 cm³/mol. The first kappa shape index (κ1) is 8.94. The molecule has 2 rings (SSSR count). The summed E-state index contributed by atoms with van der Waals surface area (Å²) in [6, 6.07) is 5.95. The second-order valence-corrected chi connectivity index (χ2v) is 3.38. The lowest BCUT2D eigenvalue weighted by Gasteiger charge is -2.01. The minimum atomic E-state index is 0.211. The first-order valence-electron chi connectivity index (χ1n) is 4.66. The molecule has 14 heavy (non-hydrogen) atoms. The van der Waals surface area contributed by atoms with Crippen molar-refractivity contribution in [3.63, 3.8) is 0 Å². The molecule has 0 aliphatic heterocycles. The molecule has 0 N–H and O–H groups in total. The van der Waals surface area contributed by atoms with E-state index in [0.717, 1.165) is 17.6 Å². The van der Waals surface area contributed by atoms with Crippen molar-refractivity contribution < 1.29 is 4.79 Å². The maximum atomic E-state index is 10.8. The normalized spacial score (nSPS) is 10.6. The quantitative estimate of drug-likeness (QED) is 0.738. The molecule has 0 saturated carbocycles. The Bertz CT molecular complexity index is 459. The molecule has 0 radical (unpaired) electrons. The monoisotopic (exact) mass is 188 g/mol. The fraction of sp³-hybridized carbons (Fsp3) is 0.273. The molecular weight excluding hydrogens is 176 g/mol. The lowest BCUT2D eigenvalue weighted by molar-refractivity contribution is -0.117. The van der Waals surface area contributed by atoms with Crippen molar-refractivity contribution in [1.82, 2.24) is 9.55 Å². The zero-order valence-corrected chi connectivity index (χ0v) is 8.10. The molecule has 0 amide bonds. The van der Waals surface area contributed by atoms with E-state index in [1.54, 1.807) is 13.1 Å². The number of carbonyl (C=O) groups excluding carboxylic acids is 1. The summed E-state index contributed by atoms with van der Waals surface area (Å²) < 4.78 is 2.01. The molecule has 0 saturated heterocycles. The summed E-state index contributed by atoms with van der Waals surface area (Å²) in [4.78, 5) is 15.1. The molecule has 2 heterocycles. The van der Waals surface area contributed by atoms with Crippen LogP contribution in [0, 0.1) is 0 Å². The molecule has 0 bridgehead atoms. The van der Waals surface area contributed by atoms with Crippen molar-refractivity contribution in [2.24, 2.45) is 0 Å². The highest BCUT2D eigenvalue weighted by atomic mass is 16.1. The van der Waals surface area contributed by atoms with Crippen LogP contribution < -0.4 is 0 Å². The second-order valence-electron chi connectivity index (χ2n) is 3.38. The highest BCUT2D eigenvalue weighted by molar-refractivity contribution is 5.77. The van der Waals surface area contributed by atoms with E-state index in [0.29, 0.717) is 6.42 Å². The number of nitrogens with zero attached hydrogens (tertiary/aromatic N) is 2. The average molecular weight is 188 g/mol. The van der Waals surface area contributed by atoms with Gasteiger partial charge in [-0.25, -0.2) is 4.98 Å². The van der Waals surface area contributed by atoms with Crippen LogP contribution in [-0.4, -0.2) is 15.3 Å². The summed E-state index contributed by atoms with van der Waals surface area (Å²) in [5.41, 5.74) is 0.953. The van der Waals surface area contributed by atoms with Crippen LogP contribution in [0.15, 0.2) is 30.6 Å². The lowest BCUT2D eigenvalue weighted by atomic mass is 10.3. The Morgan fingerprint density at radius 3 is 3.14 bits per heavy atom. The van der Waals surface area contributed by atoms with Crippen LogP contribution in [-0.2, 0) is 11.3 Å². The van der Waals surface area contributed by atoms with Crippen LogP contribution in [0.2, 0.25) is 0 Å². The molecule has 3 nitrogen and oxygen atoms in total. The van der Waals surface area contributed by atoms with Crippen molar-refractivity contribution in [3.8, 4) is 0 Å². The molecule has 3 heteroatoms. The number of Topliss-reactive ketones (excluding diaryl/α,β-unsaturated/α-hetero) is 1. The molecular formula is C11H12N2O. The Balaban J connectivity index is 2.29. The molecule has 0 fully saturated rings. The maximum absolute atomic E-state index is 10.8. The summed E-state index contributed by atoms with van der Waals surface area (Å²) in [7, 11) is 0. The predicted octanol–water partition coefficient (Wildman–Crippen LogP) is 2.02. The maximum Gasteiger partial charge on any atom is 0.139 e. The van der Waals surface area contributed by atoms with E-state index >= 15 is 0 Å². The number of pyridine rings is 1. The van der Waals surface area contributed by atoms with E-state index in [1.807, 2.05) is 29.0 Å². The second kappa shape index (κ2) is 3.62. The van der Waals surface area contributed by atoms with Gasteiger partial charge in [0.2, 0.25) is 0 Å². The van der Waals surface area contributed by atoms with Crippen LogP contribution in [0.3, 0.4) is 0 Å². The molecule has 2 aromatic rings. The lowest BCUT2D eigenvalue weighted by Crippen LogP contribution is -2.01. The average Bonchev–Trinajstić information content (AvgIpc) is 2.58. The number of aromatic nitrogens is 2.